The predicted octanol–water partition coefficient (Wildman–Crippen LogP) is 4.07. The van der Waals surface area contributed by atoms with Crippen LogP contribution in [0.15, 0.2) is 43.0 Å². The molecule has 3 amide bonds. The van der Waals surface area contributed by atoms with E-state index >= 15 is 0 Å². The van der Waals surface area contributed by atoms with Crippen molar-refractivity contribution < 1.29 is 33.8 Å². The minimum absolute atomic E-state index is 0.0255. The zero-order chi connectivity index (χ0) is 34.6. The highest BCUT2D eigenvalue weighted by atomic mass is 35.5. The first-order chi connectivity index (χ1) is 22.8. The average Bonchev–Trinajstić information content (AvgIpc) is 3.32. The second kappa shape index (κ2) is 14.3. The number of allylic oxidation sites excluding steroid dienone is 1. The molecule has 1 saturated heterocycles. The molecule has 2 aromatic rings. The molecule has 5 rings (SSSR count). The SMILES string of the molecule is C=CCOc1ccc(-c2nnn([C@H]3C[C@H]4C(=O)N[C@@]5(C(=O)O)C[C@@H]5/C=C\CCCCC[C@@H](NC(=O)OC(C)(C)C)C(=O)N4C3)n2)cc1Cl. The average molecular weight is 684 g/mol. The maximum atomic E-state index is 14.2. The van der Waals surface area contributed by atoms with Gasteiger partial charge in [-0.3, -0.25) is 9.59 Å². The van der Waals surface area contributed by atoms with Crippen LogP contribution in [0.3, 0.4) is 0 Å². The van der Waals surface area contributed by atoms with Crippen LogP contribution >= 0.6 is 11.6 Å². The summed E-state index contributed by atoms with van der Waals surface area (Å²) in [5.41, 5.74) is -1.66. The van der Waals surface area contributed by atoms with Gasteiger partial charge in [-0.05, 0) is 69.9 Å². The number of carbonyl (C=O) groups excluding carboxylic acids is 3. The number of rotatable bonds is 7. The normalized spacial score (nSPS) is 27.0. The summed E-state index contributed by atoms with van der Waals surface area (Å²) in [5, 5.41) is 28.9. The summed E-state index contributed by atoms with van der Waals surface area (Å²) in [6, 6.07) is 2.47. The number of ether oxygens (including phenoxy) is 2. The number of benzene rings is 1. The minimum Gasteiger partial charge on any atom is -0.488 e. The Bertz CT molecular complexity index is 1590. The Morgan fingerprint density at radius 2 is 2.04 bits per heavy atom. The molecule has 3 heterocycles. The van der Waals surface area contributed by atoms with Gasteiger partial charge in [0.2, 0.25) is 17.6 Å². The standard InChI is InChI=1S/C33H42ClN7O7/c1-5-15-47-26-14-13-20(16-23(26)34)27-37-39-41(38-27)22-17-25-28(42)36-33(30(44)45)18-21(33)11-9-7-6-8-10-12-24(29(43)40(25)19-22)35-31(46)48-32(2,3)4/h5,9,11,13-14,16,21-22,24-25H,1,6-8,10,12,15,17-19H2,2-4H3,(H,35,46)(H,36,42)(H,44,45)/b11-9-/t21-,22-,24+,25-,33-/m0/s1. The Morgan fingerprint density at radius 3 is 2.75 bits per heavy atom. The van der Waals surface area contributed by atoms with E-state index in [2.05, 4.69) is 32.6 Å². The quantitative estimate of drug-likeness (QED) is 0.360. The molecule has 48 heavy (non-hydrogen) atoms. The number of carboxylic acids is 1. The van der Waals surface area contributed by atoms with Gasteiger partial charge in [-0.25, -0.2) is 9.59 Å². The number of fused-ring (bicyclic) bond motifs is 2. The number of amides is 3. The molecule has 0 radical (unpaired) electrons. The third-order valence-electron chi connectivity index (χ3n) is 8.63. The summed E-state index contributed by atoms with van der Waals surface area (Å²) >= 11 is 6.39. The Morgan fingerprint density at radius 1 is 1.25 bits per heavy atom. The lowest BCUT2D eigenvalue weighted by molar-refractivity contribution is -0.145. The lowest BCUT2D eigenvalue weighted by Crippen LogP contribution is -2.56. The largest absolute Gasteiger partial charge is 0.488 e. The third-order valence-corrected chi connectivity index (χ3v) is 8.93. The van der Waals surface area contributed by atoms with Crippen LogP contribution in [0, 0.1) is 5.92 Å². The van der Waals surface area contributed by atoms with E-state index in [0.717, 1.165) is 19.3 Å². The van der Waals surface area contributed by atoms with Gasteiger partial charge in [0.05, 0.1) is 11.1 Å². The summed E-state index contributed by atoms with van der Waals surface area (Å²) in [6.45, 7) is 9.13. The molecule has 3 N–H and O–H groups in total. The summed E-state index contributed by atoms with van der Waals surface area (Å²) in [7, 11) is 0. The summed E-state index contributed by atoms with van der Waals surface area (Å²) in [6.07, 6.45) is 8.34. The van der Waals surface area contributed by atoms with E-state index in [4.69, 9.17) is 21.1 Å². The van der Waals surface area contributed by atoms with Crippen LogP contribution in [-0.4, -0.2) is 90.5 Å². The van der Waals surface area contributed by atoms with Crippen LogP contribution in [0.1, 0.15) is 71.8 Å². The lowest BCUT2D eigenvalue weighted by atomic mass is 10.0. The number of carboxylic acid groups (broad SMARTS) is 1. The monoisotopic (exact) mass is 683 g/mol. The summed E-state index contributed by atoms with van der Waals surface area (Å²) in [5.74, 6) is -1.82. The van der Waals surface area contributed by atoms with Crippen LogP contribution in [-0.2, 0) is 19.1 Å². The molecule has 0 unspecified atom stereocenters. The first-order valence-electron chi connectivity index (χ1n) is 16.2. The van der Waals surface area contributed by atoms with Crippen molar-refractivity contribution >= 4 is 35.5 Å². The number of aliphatic carboxylic acids is 1. The second-order valence-electron chi connectivity index (χ2n) is 13.4. The first-order valence-corrected chi connectivity index (χ1v) is 16.5. The molecular weight excluding hydrogens is 642 g/mol. The van der Waals surface area contributed by atoms with Crippen molar-refractivity contribution in [1.29, 1.82) is 0 Å². The van der Waals surface area contributed by atoms with Crippen molar-refractivity contribution in [3.8, 4) is 17.1 Å². The van der Waals surface area contributed by atoms with Crippen molar-refractivity contribution in [2.45, 2.75) is 95.0 Å². The summed E-state index contributed by atoms with van der Waals surface area (Å²) in [4.78, 5) is 56.0. The molecule has 258 valence electrons. The van der Waals surface area contributed by atoms with Gasteiger partial charge in [0.1, 0.15) is 35.6 Å². The van der Waals surface area contributed by atoms with E-state index in [-0.39, 0.29) is 37.7 Å². The number of hydrogen-bond donors (Lipinski definition) is 3. The number of carbonyl (C=O) groups is 4. The molecule has 2 aliphatic heterocycles. The van der Waals surface area contributed by atoms with Crippen LogP contribution in [0.2, 0.25) is 5.02 Å². The van der Waals surface area contributed by atoms with Crippen molar-refractivity contribution in [1.82, 2.24) is 35.7 Å². The van der Waals surface area contributed by atoms with E-state index in [1.165, 1.54) is 9.70 Å². The molecule has 1 saturated carbocycles. The topological polar surface area (TPSA) is 178 Å². The zero-order valence-corrected chi connectivity index (χ0v) is 28.1. The fourth-order valence-corrected chi connectivity index (χ4v) is 6.33. The number of nitrogens with one attached hydrogen (secondary N) is 2. The third kappa shape index (κ3) is 7.97. The zero-order valence-electron chi connectivity index (χ0n) is 27.4. The lowest BCUT2D eigenvalue weighted by Gasteiger charge is -2.30. The highest BCUT2D eigenvalue weighted by molar-refractivity contribution is 6.32. The highest BCUT2D eigenvalue weighted by Crippen LogP contribution is 2.45. The maximum Gasteiger partial charge on any atom is 0.408 e. The molecule has 1 aliphatic carbocycles. The fourth-order valence-electron chi connectivity index (χ4n) is 6.10. The number of halogens is 1. The second-order valence-corrected chi connectivity index (χ2v) is 13.8. The molecule has 3 aliphatic rings. The number of alkyl carbamates (subject to hydrolysis) is 1. The maximum absolute atomic E-state index is 14.2. The molecular formula is C33H42ClN7O7. The number of nitrogens with zero attached hydrogens (tertiary/aromatic N) is 5. The van der Waals surface area contributed by atoms with E-state index in [0.29, 0.717) is 29.2 Å². The van der Waals surface area contributed by atoms with Crippen molar-refractivity contribution in [2.24, 2.45) is 5.92 Å². The van der Waals surface area contributed by atoms with E-state index in [1.54, 1.807) is 45.0 Å². The fraction of sp³-hybridized carbons (Fsp3) is 0.545. The molecule has 15 heteroatoms. The van der Waals surface area contributed by atoms with Gasteiger partial charge in [0.25, 0.3) is 0 Å². The Balaban J connectivity index is 1.43. The highest BCUT2D eigenvalue weighted by Gasteiger charge is 2.61. The Labute approximate surface area is 283 Å². The van der Waals surface area contributed by atoms with Crippen LogP contribution in [0.25, 0.3) is 11.4 Å². The van der Waals surface area contributed by atoms with Gasteiger partial charge in [-0.2, -0.15) is 4.80 Å². The number of hydrogen-bond acceptors (Lipinski definition) is 9. The molecule has 14 nitrogen and oxygen atoms in total. The molecule has 1 aromatic carbocycles. The first kappa shape index (κ1) is 34.9. The van der Waals surface area contributed by atoms with Crippen molar-refractivity contribution in [2.75, 3.05) is 13.2 Å². The van der Waals surface area contributed by atoms with E-state index < -0.39 is 53.1 Å². The van der Waals surface area contributed by atoms with Gasteiger partial charge in [0.15, 0.2) is 0 Å². The molecule has 1 aromatic heterocycles. The van der Waals surface area contributed by atoms with Crippen LogP contribution in [0.5, 0.6) is 5.75 Å². The van der Waals surface area contributed by atoms with Gasteiger partial charge in [-0.1, -0.05) is 49.2 Å². The van der Waals surface area contributed by atoms with Gasteiger partial charge < -0.3 is 30.1 Å². The Hall–Kier alpha value is -4.46. The molecule has 2 fully saturated rings. The predicted molar refractivity (Wildman–Crippen MR) is 175 cm³/mol. The Kier molecular flexibility index (Phi) is 10.4. The van der Waals surface area contributed by atoms with Crippen molar-refractivity contribution in [3.05, 3.63) is 48.0 Å². The molecule has 0 bridgehead atoms. The molecule has 5 atom stereocenters. The van der Waals surface area contributed by atoms with E-state index in [9.17, 15) is 24.3 Å². The van der Waals surface area contributed by atoms with Crippen LogP contribution in [0.4, 0.5) is 4.79 Å². The van der Waals surface area contributed by atoms with Crippen LogP contribution < -0.4 is 15.4 Å². The summed E-state index contributed by atoms with van der Waals surface area (Å²) < 4.78 is 11.0. The van der Waals surface area contributed by atoms with E-state index in [1.807, 2.05) is 12.2 Å². The van der Waals surface area contributed by atoms with Crippen molar-refractivity contribution in [3.63, 3.8) is 0 Å². The number of aromatic nitrogens is 4. The minimum atomic E-state index is -1.45. The molecule has 0 spiro atoms. The van der Waals surface area contributed by atoms with Gasteiger partial charge in [0, 0.05) is 24.4 Å². The number of tetrazole rings is 1. The van der Waals surface area contributed by atoms with Gasteiger partial charge >= 0.3 is 12.1 Å². The smallest absolute Gasteiger partial charge is 0.408 e. The van der Waals surface area contributed by atoms with Gasteiger partial charge in [-0.15, -0.1) is 10.2 Å².